The maximum atomic E-state index is 12.3. The number of amides is 2. The summed E-state index contributed by atoms with van der Waals surface area (Å²) >= 11 is 0. The summed E-state index contributed by atoms with van der Waals surface area (Å²) in [7, 11) is -2.17. The first-order valence-electron chi connectivity index (χ1n) is 7.44. The van der Waals surface area contributed by atoms with Gasteiger partial charge in [0.05, 0.1) is 20.2 Å². The van der Waals surface area contributed by atoms with Crippen LogP contribution in [-0.2, 0) is 10.0 Å². The molecule has 2 aromatic heterocycles. The molecule has 11 nitrogen and oxygen atoms in total. The zero-order chi connectivity index (χ0) is 21.7. The largest absolute Gasteiger partial charge is 1.00 e. The average molecular weight is 459 g/mol. The number of pyridine rings is 1. The number of hydrogen-bond acceptors (Lipinski definition) is 9. The van der Waals surface area contributed by atoms with E-state index in [4.69, 9.17) is 9.47 Å². The third kappa shape index (κ3) is 7.47. The number of ether oxygens (including phenoxy) is 3. The Hall–Kier alpha value is -2.36. The first kappa shape index (κ1) is 25.7. The maximum absolute atomic E-state index is 12.3. The molecule has 0 aliphatic carbocycles. The van der Waals surface area contributed by atoms with Crippen LogP contribution in [0.4, 0.5) is 23.9 Å². The second-order valence-electron chi connectivity index (χ2n) is 4.99. The van der Waals surface area contributed by atoms with Crippen molar-refractivity contribution in [3.05, 3.63) is 29.7 Å². The summed E-state index contributed by atoms with van der Waals surface area (Å²) in [6.45, 7) is -1.75. The van der Waals surface area contributed by atoms with E-state index in [2.05, 4.69) is 25.0 Å². The van der Waals surface area contributed by atoms with Crippen molar-refractivity contribution in [2.75, 3.05) is 20.8 Å². The topological polar surface area (TPSA) is 144 Å². The van der Waals surface area contributed by atoms with Crippen molar-refractivity contribution in [1.29, 1.82) is 0 Å². The average Bonchev–Trinajstić information content (AvgIpc) is 2.65. The summed E-state index contributed by atoms with van der Waals surface area (Å²) in [5.41, 5.74) is 0. The molecule has 0 radical (unpaired) electrons. The van der Waals surface area contributed by atoms with Crippen LogP contribution in [0.3, 0.4) is 0 Å². The molecule has 30 heavy (non-hydrogen) atoms. The molecule has 2 amide bonds. The van der Waals surface area contributed by atoms with E-state index in [1.165, 1.54) is 25.0 Å². The van der Waals surface area contributed by atoms with Gasteiger partial charge in [0.25, 0.3) is 16.1 Å². The predicted molar refractivity (Wildman–Crippen MR) is 89.7 cm³/mol. The van der Waals surface area contributed by atoms with Gasteiger partial charge in [-0.3, -0.25) is 24.8 Å². The summed E-state index contributed by atoms with van der Waals surface area (Å²) in [5, 5.41) is 2.41. The van der Waals surface area contributed by atoms with E-state index in [1.54, 1.807) is 0 Å². The minimum Gasteiger partial charge on any atom is -0.490 e. The van der Waals surface area contributed by atoms with E-state index in [9.17, 15) is 26.4 Å². The van der Waals surface area contributed by atoms with Crippen molar-refractivity contribution in [2.24, 2.45) is 0 Å². The van der Waals surface area contributed by atoms with Crippen LogP contribution in [0.2, 0.25) is 0 Å². The van der Waals surface area contributed by atoms with E-state index in [0.29, 0.717) is 0 Å². The van der Waals surface area contributed by atoms with Gasteiger partial charge in [0.15, 0.2) is 24.1 Å². The molecule has 0 fully saturated rings. The van der Waals surface area contributed by atoms with Gasteiger partial charge in [-0.2, -0.15) is 13.2 Å². The quantitative estimate of drug-likeness (QED) is 0.512. The molecule has 0 aliphatic heterocycles. The van der Waals surface area contributed by atoms with Crippen LogP contribution in [0.1, 0.15) is 0 Å². The Bertz CT molecular complexity index is 970. The Morgan fingerprint density at radius 1 is 1.20 bits per heavy atom. The molecule has 0 atom stereocenters. The van der Waals surface area contributed by atoms with Gasteiger partial charge in [-0.15, -0.1) is 0 Å². The molecule has 0 spiro atoms. The number of urea groups is 1. The summed E-state index contributed by atoms with van der Waals surface area (Å²) in [5.74, 6) is -1.22. The van der Waals surface area contributed by atoms with Crippen LogP contribution in [0, 0.1) is 0 Å². The number of rotatable bonds is 7. The normalized spacial score (nSPS) is 11.1. The van der Waals surface area contributed by atoms with Crippen molar-refractivity contribution in [3.63, 3.8) is 0 Å². The van der Waals surface area contributed by atoms with Crippen LogP contribution in [0.25, 0.3) is 5.32 Å². The van der Waals surface area contributed by atoms with Gasteiger partial charge in [-0.05, 0) is 12.1 Å². The van der Waals surface area contributed by atoms with E-state index in [-0.39, 0.29) is 41.3 Å². The minimum absolute atomic E-state index is 0. The first-order chi connectivity index (χ1) is 13.5. The Labute approximate surface area is 190 Å². The molecular formula is C14H13F3N5NaO6S. The van der Waals surface area contributed by atoms with E-state index in [0.717, 1.165) is 18.3 Å². The molecule has 2 heterocycles. The summed E-state index contributed by atoms with van der Waals surface area (Å²) in [4.78, 5) is 22.9. The van der Waals surface area contributed by atoms with Crippen molar-refractivity contribution in [1.82, 2.24) is 19.7 Å². The standard InChI is InChI=1S/C14H14F3N5O6S.Na/c1-26-9-6-10(27-2)20-12(19-9)21-13(23)22-29(24,25)11-8(4-3-5-18-11)28-7-14(15,16)17;/h3-6H,7H2,1-2H3,(H2,19,20,21,22,23);/q;+1/p-1. The van der Waals surface area contributed by atoms with Crippen LogP contribution in [-0.4, -0.2) is 56.4 Å². The second-order valence-corrected chi connectivity index (χ2v) is 6.58. The number of methoxy groups -OCH3 is 2. The van der Waals surface area contributed by atoms with Crippen molar-refractivity contribution < 1.29 is 70.2 Å². The molecule has 158 valence electrons. The molecule has 1 N–H and O–H groups in total. The molecule has 16 heteroatoms. The summed E-state index contributed by atoms with van der Waals surface area (Å²) < 4.78 is 77.3. The Kier molecular flexibility index (Phi) is 9.08. The molecule has 0 aromatic carbocycles. The monoisotopic (exact) mass is 459 g/mol. The fraction of sp³-hybridized carbons (Fsp3) is 0.286. The van der Waals surface area contributed by atoms with Crippen LogP contribution in [0.15, 0.2) is 29.4 Å². The van der Waals surface area contributed by atoms with Gasteiger partial charge >= 0.3 is 35.7 Å². The third-order valence-corrected chi connectivity index (χ3v) is 4.15. The number of hydrogen-bond donors (Lipinski definition) is 1. The van der Waals surface area contributed by atoms with Crippen molar-refractivity contribution in [2.45, 2.75) is 11.2 Å². The van der Waals surface area contributed by atoms with Crippen LogP contribution >= 0.6 is 0 Å². The number of halogens is 3. The van der Waals surface area contributed by atoms with Crippen LogP contribution < -0.4 is 48.5 Å². The Morgan fingerprint density at radius 2 is 1.80 bits per heavy atom. The molecule has 0 aliphatic rings. The first-order valence-corrected chi connectivity index (χ1v) is 8.92. The molecule has 0 unspecified atom stereocenters. The third-order valence-electron chi connectivity index (χ3n) is 2.89. The van der Waals surface area contributed by atoms with E-state index < -0.39 is 45.6 Å². The van der Waals surface area contributed by atoms with Gasteiger partial charge in [0, 0.05) is 12.3 Å². The predicted octanol–water partition coefficient (Wildman–Crippen LogP) is -1.06. The van der Waals surface area contributed by atoms with Crippen molar-refractivity contribution in [3.8, 4) is 17.5 Å². The Balaban J connectivity index is 0.00000450. The summed E-state index contributed by atoms with van der Waals surface area (Å²) in [6.07, 6.45) is -3.72. The number of alkyl halides is 3. The molecule has 0 saturated carbocycles. The second kappa shape index (κ2) is 10.6. The number of nitrogens with one attached hydrogen (secondary N) is 1. The van der Waals surface area contributed by atoms with Gasteiger partial charge in [0.2, 0.25) is 5.03 Å². The number of carbonyl (C=O) groups excluding carboxylic acids is 1. The zero-order valence-corrected chi connectivity index (χ0v) is 18.6. The SMILES string of the molecule is COc1cc(OC)nc([N-]C(=O)NS(=O)(=O)c2ncccc2OCC(F)(F)F)n1.[Na+]. The smallest absolute Gasteiger partial charge is 0.490 e. The number of sulfonamides is 1. The molecule has 2 aromatic rings. The maximum Gasteiger partial charge on any atom is 1.00 e. The van der Waals surface area contributed by atoms with Gasteiger partial charge in [-0.1, -0.05) is 0 Å². The van der Waals surface area contributed by atoms with Crippen LogP contribution in [0.5, 0.6) is 17.5 Å². The van der Waals surface area contributed by atoms with Gasteiger partial charge < -0.3 is 14.2 Å². The number of carbonyl (C=O) groups is 1. The number of nitrogens with zero attached hydrogens (tertiary/aromatic N) is 4. The summed E-state index contributed by atoms with van der Waals surface area (Å²) in [6, 6.07) is 1.96. The number of aromatic nitrogens is 3. The zero-order valence-electron chi connectivity index (χ0n) is 15.8. The van der Waals surface area contributed by atoms with Gasteiger partial charge in [-0.25, -0.2) is 13.4 Å². The Morgan fingerprint density at radius 3 is 2.33 bits per heavy atom. The molecule has 2 rings (SSSR count). The molecule has 0 bridgehead atoms. The molecule has 0 saturated heterocycles. The fourth-order valence-corrected chi connectivity index (χ4v) is 2.74. The molecular weight excluding hydrogens is 446 g/mol. The minimum atomic E-state index is -4.72. The van der Waals surface area contributed by atoms with Crippen molar-refractivity contribution >= 4 is 22.0 Å². The van der Waals surface area contributed by atoms with E-state index >= 15 is 0 Å². The van der Waals surface area contributed by atoms with Gasteiger partial charge in [0.1, 0.15) is 0 Å². The fourth-order valence-electron chi connectivity index (χ4n) is 1.78. The van der Waals surface area contributed by atoms with E-state index in [1.807, 2.05) is 0 Å².